The molecule has 0 aliphatic rings. The van der Waals surface area contributed by atoms with Crippen LogP contribution in [0.4, 0.5) is 0 Å². The Hall–Kier alpha value is -0.380. The molecular weight excluding hydrogens is 248 g/mol. The summed E-state index contributed by atoms with van der Waals surface area (Å²) < 4.78 is 0. The zero-order chi connectivity index (χ0) is 14.0. The fourth-order valence-corrected chi connectivity index (χ4v) is 1.70. The summed E-state index contributed by atoms with van der Waals surface area (Å²) in [6.45, 7) is 3.11. The fourth-order valence-electron chi connectivity index (χ4n) is 1.53. The second-order valence-electron chi connectivity index (χ2n) is 4.81. The Bertz CT molecular complexity index is 254. The Balaban J connectivity index is 3.88. The lowest BCUT2D eigenvalue weighted by atomic mass is 10.0. The first kappa shape index (κ1) is 17.6. The summed E-state index contributed by atoms with van der Waals surface area (Å²) in [4.78, 5) is 13.8. The minimum absolute atomic E-state index is 0.148. The van der Waals surface area contributed by atoms with Gasteiger partial charge >= 0.3 is 0 Å². The van der Waals surface area contributed by atoms with E-state index in [-0.39, 0.29) is 17.2 Å². The van der Waals surface area contributed by atoms with Crippen LogP contribution in [0, 0.1) is 5.38 Å². The standard InChI is InChI=1S/C14H26ClN2O/c1-4-5-9-12(16)14(15)13(18)10-7-6-8-11-17(2)3/h7,10,12H,4-6,8-9,11,16H2,1-3H3. The quantitative estimate of drug-likeness (QED) is 0.492. The van der Waals surface area contributed by atoms with E-state index in [1.165, 1.54) is 0 Å². The minimum atomic E-state index is -0.314. The number of halogens is 1. The van der Waals surface area contributed by atoms with Gasteiger partial charge in [-0.25, -0.2) is 0 Å². The van der Waals surface area contributed by atoms with Crippen molar-refractivity contribution in [1.29, 1.82) is 0 Å². The number of rotatable bonds is 10. The highest BCUT2D eigenvalue weighted by molar-refractivity contribution is 6.41. The molecule has 18 heavy (non-hydrogen) atoms. The van der Waals surface area contributed by atoms with E-state index in [4.69, 9.17) is 17.3 Å². The zero-order valence-electron chi connectivity index (χ0n) is 11.8. The molecule has 0 bridgehead atoms. The highest BCUT2D eigenvalue weighted by Crippen LogP contribution is 2.17. The lowest BCUT2D eigenvalue weighted by molar-refractivity contribution is -0.112. The molecule has 0 fully saturated rings. The van der Waals surface area contributed by atoms with Crippen LogP contribution < -0.4 is 5.73 Å². The van der Waals surface area contributed by atoms with Crippen LogP contribution in [-0.4, -0.2) is 37.4 Å². The maximum atomic E-state index is 11.7. The summed E-state index contributed by atoms with van der Waals surface area (Å²) in [6.07, 6.45) is 8.18. The molecule has 0 saturated carbocycles. The molecule has 0 saturated heterocycles. The van der Waals surface area contributed by atoms with Crippen LogP contribution in [0.2, 0.25) is 0 Å². The van der Waals surface area contributed by atoms with Crippen LogP contribution in [0.25, 0.3) is 0 Å². The molecule has 105 valence electrons. The van der Waals surface area contributed by atoms with Gasteiger partial charge in [-0.1, -0.05) is 25.8 Å². The SMILES string of the molecule is CCCCC(N)[C](Cl)C(=O)C=CCCCN(C)C. The molecule has 1 atom stereocenters. The summed E-state index contributed by atoms with van der Waals surface area (Å²) in [7, 11) is 4.07. The second-order valence-corrected chi connectivity index (χ2v) is 5.22. The third-order valence-corrected chi connectivity index (χ3v) is 3.14. The van der Waals surface area contributed by atoms with Gasteiger partial charge in [0.1, 0.15) is 5.38 Å². The number of hydrogen-bond donors (Lipinski definition) is 1. The van der Waals surface area contributed by atoms with Crippen molar-refractivity contribution >= 4 is 17.4 Å². The average Bonchev–Trinajstić information content (AvgIpc) is 2.33. The summed E-state index contributed by atoms with van der Waals surface area (Å²) in [5, 5.41) is 0.257. The summed E-state index contributed by atoms with van der Waals surface area (Å²) >= 11 is 5.96. The molecule has 2 N–H and O–H groups in total. The molecule has 1 unspecified atom stereocenters. The Kier molecular flexibility index (Phi) is 10.3. The molecule has 0 aliphatic carbocycles. The van der Waals surface area contributed by atoms with Crippen molar-refractivity contribution in [2.45, 2.75) is 45.1 Å². The van der Waals surface area contributed by atoms with Gasteiger partial charge in [-0.2, -0.15) is 0 Å². The van der Waals surface area contributed by atoms with Crippen LogP contribution in [0.15, 0.2) is 12.2 Å². The molecule has 0 aromatic heterocycles. The van der Waals surface area contributed by atoms with E-state index in [1.54, 1.807) is 6.08 Å². The maximum absolute atomic E-state index is 11.7. The third-order valence-electron chi connectivity index (χ3n) is 2.67. The molecule has 0 aromatic carbocycles. The van der Waals surface area contributed by atoms with Crippen LogP contribution in [0.5, 0.6) is 0 Å². The largest absolute Gasteiger partial charge is 0.326 e. The van der Waals surface area contributed by atoms with E-state index in [0.717, 1.165) is 38.6 Å². The molecule has 4 heteroatoms. The van der Waals surface area contributed by atoms with Crippen molar-refractivity contribution in [2.24, 2.45) is 5.73 Å². The molecule has 0 aromatic rings. The fraction of sp³-hybridized carbons (Fsp3) is 0.714. The lowest BCUT2D eigenvalue weighted by Crippen LogP contribution is -2.29. The van der Waals surface area contributed by atoms with Gasteiger partial charge in [0, 0.05) is 6.04 Å². The van der Waals surface area contributed by atoms with E-state index in [1.807, 2.05) is 20.2 Å². The smallest absolute Gasteiger partial charge is 0.180 e. The maximum Gasteiger partial charge on any atom is 0.180 e. The van der Waals surface area contributed by atoms with E-state index in [0.29, 0.717) is 0 Å². The summed E-state index contributed by atoms with van der Waals surface area (Å²) in [5.74, 6) is -0.148. The van der Waals surface area contributed by atoms with Gasteiger partial charge in [-0.05, 0) is 46.0 Å². The van der Waals surface area contributed by atoms with Gasteiger partial charge < -0.3 is 10.6 Å². The monoisotopic (exact) mass is 273 g/mol. The first-order valence-electron chi connectivity index (χ1n) is 6.62. The first-order valence-corrected chi connectivity index (χ1v) is 7.00. The Morgan fingerprint density at radius 2 is 2.06 bits per heavy atom. The lowest BCUT2D eigenvalue weighted by Gasteiger charge is -2.13. The molecule has 0 spiro atoms. The van der Waals surface area contributed by atoms with Crippen molar-refractivity contribution in [2.75, 3.05) is 20.6 Å². The van der Waals surface area contributed by atoms with Gasteiger partial charge in [0.15, 0.2) is 5.78 Å². The molecular formula is C14H26ClN2O. The van der Waals surface area contributed by atoms with E-state index in [9.17, 15) is 4.79 Å². The van der Waals surface area contributed by atoms with Crippen LogP contribution in [-0.2, 0) is 4.79 Å². The Labute approximate surface area is 116 Å². The molecule has 0 amide bonds. The number of hydrogen-bond acceptors (Lipinski definition) is 3. The molecule has 1 radical (unpaired) electrons. The van der Waals surface area contributed by atoms with E-state index in [2.05, 4.69) is 11.8 Å². The van der Waals surface area contributed by atoms with Gasteiger partial charge in [-0.3, -0.25) is 4.79 Å². The predicted octanol–water partition coefficient (Wildman–Crippen LogP) is 2.74. The van der Waals surface area contributed by atoms with Gasteiger partial charge in [-0.15, -0.1) is 11.6 Å². The second kappa shape index (κ2) is 10.5. The number of nitrogens with two attached hydrogens (primary N) is 1. The number of carbonyl (C=O) groups excluding carboxylic acids is 1. The highest BCUT2D eigenvalue weighted by Gasteiger charge is 2.21. The third kappa shape index (κ3) is 8.67. The topological polar surface area (TPSA) is 46.3 Å². The van der Waals surface area contributed by atoms with Crippen molar-refractivity contribution in [1.82, 2.24) is 4.90 Å². The van der Waals surface area contributed by atoms with Gasteiger partial charge in [0.25, 0.3) is 0 Å². The molecule has 0 aliphatic heterocycles. The average molecular weight is 274 g/mol. The van der Waals surface area contributed by atoms with Crippen LogP contribution in [0.3, 0.4) is 0 Å². The van der Waals surface area contributed by atoms with Crippen molar-refractivity contribution < 1.29 is 4.79 Å². The van der Waals surface area contributed by atoms with Gasteiger partial charge in [0.2, 0.25) is 0 Å². The summed E-state index contributed by atoms with van der Waals surface area (Å²) in [5.41, 5.74) is 5.84. The van der Waals surface area contributed by atoms with Crippen LogP contribution >= 0.6 is 11.6 Å². The summed E-state index contributed by atoms with van der Waals surface area (Å²) in [6, 6.07) is -0.314. The van der Waals surface area contributed by atoms with Crippen LogP contribution in [0.1, 0.15) is 39.0 Å². The predicted molar refractivity (Wildman–Crippen MR) is 78.5 cm³/mol. The normalized spacial score (nSPS) is 13.7. The Morgan fingerprint density at radius 3 is 2.61 bits per heavy atom. The Morgan fingerprint density at radius 1 is 1.39 bits per heavy atom. The van der Waals surface area contributed by atoms with E-state index >= 15 is 0 Å². The van der Waals surface area contributed by atoms with Gasteiger partial charge in [0.05, 0.1) is 0 Å². The number of nitrogens with zero attached hydrogens (tertiary/aromatic N) is 1. The van der Waals surface area contributed by atoms with Crippen molar-refractivity contribution in [3.63, 3.8) is 0 Å². The zero-order valence-corrected chi connectivity index (χ0v) is 12.5. The molecule has 0 rings (SSSR count). The highest BCUT2D eigenvalue weighted by atomic mass is 35.5. The number of ketones is 1. The first-order chi connectivity index (χ1) is 8.49. The van der Waals surface area contributed by atoms with E-state index < -0.39 is 0 Å². The minimum Gasteiger partial charge on any atom is -0.326 e. The number of carbonyl (C=O) groups is 1. The molecule has 0 heterocycles. The number of unbranched alkanes of at least 4 members (excludes halogenated alkanes) is 2. The number of allylic oxidation sites excluding steroid dienone is 2. The van der Waals surface area contributed by atoms with Crippen molar-refractivity contribution in [3.05, 3.63) is 17.5 Å². The molecule has 3 nitrogen and oxygen atoms in total. The van der Waals surface area contributed by atoms with Crippen molar-refractivity contribution in [3.8, 4) is 0 Å².